The number of nitrogens with one attached hydrogen (secondary N) is 1. The molecule has 0 atom stereocenters. The summed E-state index contributed by atoms with van der Waals surface area (Å²) in [4.78, 5) is 11.6. The van der Waals surface area contributed by atoms with Crippen LogP contribution >= 0.6 is 0 Å². The van der Waals surface area contributed by atoms with E-state index in [0.29, 0.717) is 17.8 Å². The Kier molecular flexibility index (Phi) is 3.66. The standard InChI is InChI=1S/C14H20N2O3/c1-9-6-10(16-8-14(18)4-3-5-14)7-11(12(9)15)13(17)19-2/h6-7,16,18H,3-5,8,15H2,1-2H3. The van der Waals surface area contributed by atoms with E-state index in [4.69, 9.17) is 10.5 Å². The molecule has 0 saturated heterocycles. The summed E-state index contributed by atoms with van der Waals surface area (Å²) in [6.45, 7) is 2.32. The number of hydrogen-bond acceptors (Lipinski definition) is 5. The van der Waals surface area contributed by atoms with Gasteiger partial charge in [-0.05, 0) is 43.9 Å². The van der Waals surface area contributed by atoms with Crippen LogP contribution in [0.3, 0.4) is 0 Å². The van der Waals surface area contributed by atoms with Crippen molar-refractivity contribution >= 4 is 17.3 Å². The number of nitrogen functional groups attached to an aromatic ring is 1. The van der Waals surface area contributed by atoms with Gasteiger partial charge in [-0.15, -0.1) is 0 Å². The Balaban J connectivity index is 2.16. The summed E-state index contributed by atoms with van der Waals surface area (Å²) in [5.41, 5.74) is 7.62. The molecule has 1 aliphatic rings. The zero-order chi connectivity index (χ0) is 14.0. The van der Waals surface area contributed by atoms with Gasteiger partial charge in [0.25, 0.3) is 0 Å². The van der Waals surface area contributed by atoms with Crippen molar-refractivity contribution in [3.05, 3.63) is 23.3 Å². The molecule has 1 aromatic carbocycles. The molecule has 0 unspecified atom stereocenters. The Morgan fingerprint density at radius 2 is 2.21 bits per heavy atom. The van der Waals surface area contributed by atoms with Crippen LogP contribution in [0.25, 0.3) is 0 Å². The highest BCUT2D eigenvalue weighted by Crippen LogP contribution is 2.32. The molecule has 4 N–H and O–H groups in total. The van der Waals surface area contributed by atoms with Crippen LogP contribution in [0.15, 0.2) is 12.1 Å². The van der Waals surface area contributed by atoms with E-state index in [1.165, 1.54) is 7.11 Å². The Morgan fingerprint density at radius 1 is 1.53 bits per heavy atom. The van der Waals surface area contributed by atoms with Crippen molar-refractivity contribution in [1.82, 2.24) is 0 Å². The van der Waals surface area contributed by atoms with Gasteiger partial charge in [0.2, 0.25) is 0 Å². The summed E-state index contributed by atoms with van der Waals surface area (Å²) in [5.74, 6) is -0.452. The SMILES string of the molecule is COC(=O)c1cc(NCC2(O)CCC2)cc(C)c1N. The number of ether oxygens (including phenoxy) is 1. The number of aryl methyl sites for hydroxylation is 1. The number of carbonyl (C=O) groups excluding carboxylic acids is 1. The van der Waals surface area contributed by atoms with Crippen molar-refractivity contribution in [3.63, 3.8) is 0 Å². The third kappa shape index (κ3) is 2.81. The first-order valence-electron chi connectivity index (χ1n) is 6.40. The van der Waals surface area contributed by atoms with Gasteiger partial charge >= 0.3 is 5.97 Å². The smallest absolute Gasteiger partial charge is 0.340 e. The van der Waals surface area contributed by atoms with E-state index in [2.05, 4.69) is 5.32 Å². The van der Waals surface area contributed by atoms with E-state index in [1.807, 2.05) is 13.0 Å². The van der Waals surface area contributed by atoms with E-state index in [1.54, 1.807) is 6.07 Å². The maximum atomic E-state index is 11.6. The second-order valence-electron chi connectivity index (χ2n) is 5.18. The molecular formula is C14H20N2O3. The number of anilines is 2. The molecule has 19 heavy (non-hydrogen) atoms. The molecule has 1 aliphatic carbocycles. The van der Waals surface area contributed by atoms with Crippen LogP contribution < -0.4 is 11.1 Å². The molecule has 0 amide bonds. The minimum absolute atomic E-state index is 0.352. The first kappa shape index (κ1) is 13.7. The third-order valence-electron chi connectivity index (χ3n) is 3.70. The van der Waals surface area contributed by atoms with Crippen molar-refractivity contribution < 1.29 is 14.6 Å². The molecule has 5 nitrogen and oxygen atoms in total. The fraction of sp³-hybridized carbons (Fsp3) is 0.500. The predicted molar refractivity (Wildman–Crippen MR) is 74.2 cm³/mol. The minimum Gasteiger partial charge on any atom is -0.465 e. The fourth-order valence-electron chi connectivity index (χ4n) is 2.21. The summed E-state index contributed by atoms with van der Waals surface area (Å²) >= 11 is 0. The molecule has 1 aromatic rings. The van der Waals surface area contributed by atoms with Crippen molar-refractivity contribution in [3.8, 4) is 0 Å². The molecule has 0 radical (unpaired) electrons. The van der Waals surface area contributed by atoms with Gasteiger partial charge in [-0.25, -0.2) is 4.79 Å². The Bertz CT molecular complexity index is 496. The Hall–Kier alpha value is -1.75. The first-order valence-corrected chi connectivity index (χ1v) is 6.40. The molecule has 0 bridgehead atoms. The fourth-order valence-corrected chi connectivity index (χ4v) is 2.21. The predicted octanol–water partition coefficient (Wildman–Crippen LogP) is 1.69. The summed E-state index contributed by atoms with van der Waals surface area (Å²) in [7, 11) is 1.33. The lowest BCUT2D eigenvalue weighted by molar-refractivity contribution is -0.0201. The van der Waals surface area contributed by atoms with Gasteiger partial charge in [0, 0.05) is 17.9 Å². The summed E-state index contributed by atoms with van der Waals surface area (Å²) in [6, 6.07) is 3.53. The van der Waals surface area contributed by atoms with Crippen LogP contribution in [0, 0.1) is 6.92 Å². The number of hydrogen-bond donors (Lipinski definition) is 3. The summed E-state index contributed by atoms with van der Waals surface area (Å²) < 4.78 is 4.71. The lowest BCUT2D eigenvalue weighted by Crippen LogP contribution is -2.43. The number of rotatable bonds is 4. The van der Waals surface area contributed by atoms with Crippen molar-refractivity contribution in [2.24, 2.45) is 0 Å². The van der Waals surface area contributed by atoms with Gasteiger partial charge in [0.1, 0.15) is 0 Å². The number of esters is 1. The van der Waals surface area contributed by atoms with Crippen LogP contribution in [0.4, 0.5) is 11.4 Å². The average molecular weight is 264 g/mol. The number of carbonyl (C=O) groups is 1. The average Bonchev–Trinajstić information content (AvgIpc) is 2.36. The van der Waals surface area contributed by atoms with E-state index < -0.39 is 11.6 Å². The number of nitrogens with two attached hydrogens (primary N) is 1. The summed E-state index contributed by atoms with van der Waals surface area (Å²) in [5, 5.41) is 13.2. The monoisotopic (exact) mass is 264 g/mol. The molecule has 2 rings (SSSR count). The molecule has 1 saturated carbocycles. The highest BCUT2D eigenvalue weighted by molar-refractivity contribution is 5.97. The van der Waals surface area contributed by atoms with Crippen LogP contribution in [0.1, 0.15) is 35.2 Å². The lowest BCUT2D eigenvalue weighted by atomic mass is 9.80. The third-order valence-corrected chi connectivity index (χ3v) is 3.70. The highest BCUT2D eigenvalue weighted by Gasteiger charge is 2.34. The largest absolute Gasteiger partial charge is 0.465 e. The maximum Gasteiger partial charge on any atom is 0.340 e. The van der Waals surface area contributed by atoms with E-state index in [9.17, 15) is 9.90 Å². The molecular weight excluding hydrogens is 244 g/mol. The Morgan fingerprint density at radius 3 is 2.74 bits per heavy atom. The van der Waals surface area contributed by atoms with E-state index >= 15 is 0 Å². The normalized spacial score (nSPS) is 16.6. The number of benzene rings is 1. The van der Waals surface area contributed by atoms with Crippen molar-refractivity contribution in [1.29, 1.82) is 0 Å². The minimum atomic E-state index is -0.610. The van der Waals surface area contributed by atoms with Gasteiger partial charge in [0.05, 0.1) is 18.3 Å². The van der Waals surface area contributed by atoms with Gasteiger partial charge in [-0.3, -0.25) is 0 Å². The van der Waals surface area contributed by atoms with Crippen LogP contribution in [-0.2, 0) is 4.74 Å². The van der Waals surface area contributed by atoms with Gasteiger partial charge in [-0.1, -0.05) is 0 Å². The zero-order valence-corrected chi connectivity index (χ0v) is 11.3. The molecule has 104 valence electrons. The maximum absolute atomic E-state index is 11.6. The van der Waals surface area contributed by atoms with Crippen LogP contribution in [0.5, 0.6) is 0 Å². The van der Waals surface area contributed by atoms with Crippen LogP contribution in [-0.4, -0.2) is 30.3 Å². The second kappa shape index (κ2) is 5.09. The first-order chi connectivity index (χ1) is 8.95. The van der Waals surface area contributed by atoms with E-state index in [-0.39, 0.29) is 0 Å². The molecule has 0 heterocycles. The van der Waals surface area contributed by atoms with Crippen LogP contribution in [0.2, 0.25) is 0 Å². The van der Waals surface area contributed by atoms with Gasteiger partial charge in [-0.2, -0.15) is 0 Å². The molecule has 5 heteroatoms. The molecule has 1 fully saturated rings. The Labute approximate surface area is 112 Å². The topological polar surface area (TPSA) is 84.6 Å². The lowest BCUT2D eigenvalue weighted by Gasteiger charge is -2.37. The molecule has 0 aromatic heterocycles. The summed E-state index contributed by atoms with van der Waals surface area (Å²) in [6.07, 6.45) is 2.70. The van der Waals surface area contributed by atoms with Crippen molar-refractivity contribution in [2.45, 2.75) is 31.8 Å². The number of aliphatic hydroxyl groups is 1. The highest BCUT2D eigenvalue weighted by atomic mass is 16.5. The zero-order valence-electron chi connectivity index (χ0n) is 11.3. The van der Waals surface area contributed by atoms with Gasteiger partial charge in [0.15, 0.2) is 0 Å². The van der Waals surface area contributed by atoms with E-state index in [0.717, 1.165) is 30.5 Å². The van der Waals surface area contributed by atoms with Crippen molar-refractivity contribution in [2.75, 3.05) is 24.7 Å². The van der Waals surface area contributed by atoms with Gasteiger partial charge < -0.3 is 20.9 Å². The molecule has 0 aliphatic heterocycles. The second-order valence-corrected chi connectivity index (χ2v) is 5.18. The molecule has 0 spiro atoms. The number of methoxy groups -OCH3 is 1. The quantitative estimate of drug-likeness (QED) is 0.569.